The van der Waals surface area contributed by atoms with Gasteiger partial charge in [-0.15, -0.1) is 0 Å². The monoisotopic (exact) mass is 400 g/mol. The third-order valence-electron chi connectivity index (χ3n) is 4.70. The first kappa shape index (κ1) is 20.6. The number of methoxy groups -OCH3 is 2. The van der Waals surface area contributed by atoms with Crippen LogP contribution in [0.2, 0.25) is 0 Å². The summed E-state index contributed by atoms with van der Waals surface area (Å²) < 4.78 is 10.5. The van der Waals surface area contributed by atoms with Crippen molar-refractivity contribution in [3.8, 4) is 11.5 Å². The Labute approximate surface area is 171 Å². The molecule has 29 heavy (non-hydrogen) atoms. The Morgan fingerprint density at radius 2 is 1.83 bits per heavy atom. The largest absolute Gasteiger partial charge is 0.493 e. The molecule has 0 unspecified atom stereocenters. The van der Waals surface area contributed by atoms with E-state index < -0.39 is 0 Å². The average molecular weight is 400 g/mol. The summed E-state index contributed by atoms with van der Waals surface area (Å²) in [4.78, 5) is 30.0. The molecule has 1 aromatic carbocycles. The van der Waals surface area contributed by atoms with Crippen LogP contribution >= 0.6 is 0 Å². The van der Waals surface area contributed by atoms with Crippen LogP contribution in [-0.4, -0.2) is 62.3 Å². The number of nitrogens with one attached hydrogen (secondary N) is 1. The number of nitrogens with zero attached hydrogens (tertiary/aromatic N) is 5. The predicted molar refractivity (Wildman–Crippen MR) is 111 cm³/mol. The SMILES string of the molecule is COc1ccc(CC(=O)NCc2nc(N(C)C)nc(N3CCCC3)n2)cc1OC. The van der Waals surface area contributed by atoms with Crippen LogP contribution < -0.4 is 24.6 Å². The molecule has 0 bridgehead atoms. The number of rotatable bonds is 8. The van der Waals surface area contributed by atoms with Gasteiger partial charge in [0.15, 0.2) is 17.3 Å². The van der Waals surface area contributed by atoms with E-state index in [4.69, 9.17) is 9.47 Å². The van der Waals surface area contributed by atoms with Gasteiger partial charge in [0.2, 0.25) is 17.8 Å². The number of ether oxygens (including phenoxy) is 2. The lowest BCUT2D eigenvalue weighted by atomic mass is 10.1. The molecule has 2 heterocycles. The molecule has 0 aliphatic carbocycles. The molecule has 9 nitrogen and oxygen atoms in total. The molecule has 0 atom stereocenters. The molecule has 0 radical (unpaired) electrons. The van der Waals surface area contributed by atoms with Crippen molar-refractivity contribution in [3.05, 3.63) is 29.6 Å². The van der Waals surface area contributed by atoms with Gasteiger partial charge in [0, 0.05) is 27.2 Å². The van der Waals surface area contributed by atoms with E-state index in [1.54, 1.807) is 26.4 Å². The number of benzene rings is 1. The van der Waals surface area contributed by atoms with Gasteiger partial charge in [-0.05, 0) is 30.5 Å². The summed E-state index contributed by atoms with van der Waals surface area (Å²) in [7, 11) is 6.94. The number of carbonyl (C=O) groups is 1. The van der Waals surface area contributed by atoms with E-state index in [9.17, 15) is 4.79 Å². The highest BCUT2D eigenvalue weighted by molar-refractivity contribution is 5.78. The van der Waals surface area contributed by atoms with Gasteiger partial charge in [0.05, 0.1) is 27.2 Å². The van der Waals surface area contributed by atoms with Crippen LogP contribution in [0.3, 0.4) is 0 Å². The van der Waals surface area contributed by atoms with Gasteiger partial charge in [0.1, 0.15) is 0 Å². The second-order valence-corrected chi connectivity index (χ2v) is 7.08. The van der Waals surface area contributed by atoms with Gasteiger partial charge in [-0.25, -0.2) is 0 Å². The minimum Gasteiger partial charge on any atom is -0.493 e. The van der Waals surface area contributed by atoms with Gasteiger partial charge in [-0.3, -0.25) is 4.79 Å². The van der Waals surface area contributed by atoms with E-state index in [2.05, 4.69) is 25.2 Å². The molecule has 2 aromatic rings. The normalized spacial score (nSPS) is 13.3. The molecule has 1 aliphatic heterocycles. The number of hydrogen-bond acceptors (Lipinski definition) is 8. The Kier molecular flexibility index (Phi) is 6.69. The molecular weight excluding hydrogens is 372 g/mol. The Morgan fingerprint density at radius 3 is 2.48 bits per heavy atom. The van der Waals surface area contributed by atoms with Crippen molar-refractivity contribution >= 4 is 17.8 Å². The predicted octanol–water partition coefficient (Wildman–Crippen LogP) is 1.41. The van der Waals surface area contributed by atoms with Crippen LogP contribution in [-0.2, 0) is 17.8 Å². The highest BCUT2D eigenvalue weighted by atomic mass is 16.5. The van der Waals surface area contributed by atoms with E-state index in [1.807, 2.05) is 25.1 Å². The maximum absolute atomic E-state index is 12.4. The van der Waals surface area contributed by atoms with E-state index in [1.165, 1.54) is 0 Å². The Balaban J connectivity index is 1.66. The standard InChI is InChI=1S/C20H28N6O3/c1-25(2)19-22-17(23-20(24-19)26-9-5-6-10-26)13-21-18(27)12-14-7-8-15(28-3)16(11-14)29-4/h7-8,11H,5-6,9-10,12-13H2,1-4H3,(H,21,27). The second kappa shape index (κ2) is 9.40. The topological polar surface area (TPSA) is 92.7 Å². The maximum Gasteiger partial charge on any atom is 0.230 e. The first-order valence-corrected chi connectivity index (χ1v) is 9.65. The van der Waals surface area contributed by atoms with Crippen molar-refractivity contribution < 1.29 is 14.3 Å². The highest BCUT2D eigenvalue weighted by Gasteiger charge is 2.18. The molecule has 1 aromatic heterocycles. The molecule has 1 aliphatic rings. The molecule has 0 saturated carbocycles. The average Bonchev–Trinajstić information content (AvgIpc) is 3.27. The van der Waals surface area contributed by atoms with Crippen LogP contribution in [0.15, 0.2) is 18.2 Å². The van der Waals surface area contributed by atoms with Crippen molar-refractivity contribution in [1.82, 2.24) is 20.3 Å². The summed E-state index contributed by atoms with van der Waals surface area (Å²) in [5.74, 6) is 2.92. The van der Waals surface area contributed by atoms with E-state index in [-0.39, 0.29) is 18.9 Å². The summed E-state index contributed by atoms with van der Waals surface area (Å²) in [6.45, 7) is 2.14. The summed E-state index contributed by atoms with van der Waals surface area (Å²) in [6.07, 6.45) is 2.51. The van der Waals surface area contributed by atoms with Crippen molar-refractivity contribution in [2.75, 3.05) is 51.2 Å². The van der Waals surface area contributed by atoms with Gasteiger partial charge in [-0.2, -0.15) is 15.0 Å². The molecule has 1 amide bonds. The molecule has 3 rings (SSSR count). The van der Waals surface area contributed by atoms with Crippen LogP contribution in [0.5, 0.6) is 11.5 Å². The van der Waals surface area contributed by atoms with E-state index in [0.717, 1.165) is 31.5 Å². The molecule has 0 spiro atoms. The maximum atomic E-state index is 12.4. The molecule has 1 saturated heterocycles. The fourth-order valence-corrected chi connectivity index (χ4v) is 3.15. The van der Waals surface area contributed by atoms with Gasteiger partial charge >= 0.3 is 0 Å². The Morgan fingerprint density at radius 1 is 1.10 bits per heavy atom. The molecule has 9 heteroatoms. The number of amides is 1. The third-order valence-corrected chi connectivity index (χ3v) is 4.70. The van der Waals surface area contributed by atoms with E-state index >= 15 is 0 Å². The van der Waals surface area contributed by atoms with Gasteiger partial charge < -0.3 is 24.6 Å². The zero-order valence-corrected chi connectivity index (χ0v) is 17.4. The van der Waals surface area contributed by atoms with Gasteiger partial charge in [0.25, 0.3) is 0 Å². The number of carbonyl (C=O) groups excluding carboxylic acids is 1. The van der Waals surface area contributed by atoms with Crippen molar-refractivity contribution in [1.29, 1.82) is 0 Å². The number of aromatic nitrogens is 3. The number of anilines is 2. The zero-order valence-electron chi connectivity index (χ0n) is 17.4. The lowest BCUT2D eigenvalue weighted by molar-refractivity contribution is -0.120. The molecule has 1 N–H and O–H groups in total. The quantitative estimate of drug-likeness (QED) is 0.711. The van der Waals surface area contributed by atoms with Crippen LogP contribution in [0.25, 0.3) is 0 Å². The second-order valence-electron chi connectivity index (χ2n) is 7.08. The lowest BCUT2D eigenvalue weighted by Crippen LogP contribution is -2.28. The van der Waals surface area contributed by atoms with Gasteiger partial charge in [-0.1, -0.05) is 6.07 Å². The zero-order chi connectivity index (χ0) is 20.8. The fraction of sp³-hybridized carbons (Fsp3) is 0.500. The summed E-state index contributed by atoms with van der Waals surface area (Å²) in [5.41, 5.74) is 0.836. The van der Waals surface area contributed by atoms with Crippen LogP contribution in [0.4, 0.5) is 11.9 Å². The smallest absolute Gasteiger partial charge is 0.230 e. The molecule has 1 fully saturated rings. The minimum absolute atomic E-state index is 0.119. The van der Waals surface area contributed by atoms with Crippen LogP contribution in [0, 0.1) is 0 Å². The van der Waals surface area contributed by atoms with Crippen molar-refractivity contribution in [2.45, 2.75) is 25.8 Å². The van der Waals surface area contributed by atoms with Crippen molar-refractivity contribution in [2.24, 2.45) is 0 Å². The Bertz CT molecular complexity index is 852. The first-order chi connectivity index (χ1) is 14.0. The molecule has 156 valence electrons. The summed E-state index contributed by atoms with van der Waals surface area (Å²) >= 11 is 0. The summed E-state index contributed by atoms with van der Waals surface area (Å²) in [6, 6.07) is 5.44. The lowest BCUT2D eigenvalue weighted by Gasteiger charge is -2.19. The van der Waals surface area contributed by atoms with Crippen molar-refractivity contribution in [3.63, 3.8) is 0 Å². The molecular formula is C20H28N6O3. The minimum atomic E-state index is -0.119. The fourth-order valence-electron chi connectivity index (χ4n) is 3.15. The number of hydrogen-bond donors (Lipinski definition) is 1. The third kappa shape index (κ3) is 5.24. The first-order valence-electron chi connectivity index (χ1n) is 9.65. The summed E-state index contributed by atoms with van der Waals surface area (Å²) in [5, 5.41) is 2.90. The van der Waals surface area contributed by atoms with Crippen LogP contribution in [0.1, 0.15) is 24.2 Å². The van der Waals surface area contributed by atoms with E-state index in [0.29, 0.717) is 29.2 Å². The highest BCUT2D eigenvalue weighted by Crippen LogP contribution is 2.27. The Hall–Kier alpha value is -3.10.